The van der Waals surface area contributed by atoms with E-state index in [2.05, 4.69) is 37.1 Å². The molecule has 0 bridgehead atoms. The minimum absolute atomic E-state index is 0.474. The van der Waals surface area contributed by atoms with Crippen LogP contribution >= 0.6 is 0 Å². The van der Waals surface area contributed by atoms with Crippen LogP contribution in [0.5, 0.6) is 0 Å². The van der Waals surface area contributed by atoms with E-state index in [1.807, 2.05) is 24.4 Å². The lowest BCUT2D eigenvalue weighted by Crippen LogP contribution is -2.20. The fourth-order valence-corrected chi connectivity index (χ4v) is 4.59. The van der Waals surface area contributed by atoms with Gasteiger partial charge in [0, 0.05) is 12.7 Å². The van der Waals surface area contributed by atoms with Crippen LogP contribution < -0.4 is 10.6 Å². The lowest BCUT2D eigenvalue weighted by atomic mass is 10.0. The van der Waals surface area contributed by atoms with E-state index in [4.69, 9.17) is 4.98 Å². The summed E-state index contributed by atoms with van der Waals surface area (Å²) in [4.78, 5) is 12.5. The summed E-state index contributed by atoms with van der Waals surface area (Å²) in [6.45, 7) is 2.31. The topological polar surface area (TPSA) is 70.0 Å². The Hall–Kier alpha value is -4.11. The molecule has 0 fully saturated rings. The Morgan fingerprint density at radius 3 is 2.67 bits per heavy atom. The average Bonchev–Trinajstić information content (AvgIpc) is 3.50. The number of imidazole rings is 2. The van der Waals surface area contributed by atoms with Crippen molar-refractivity contribution in [2.75, 3.05) is 18.4 Å². The van der Waals surface area contributed by atoms with Crippen LogP contribution in [0.2, 0.25) is 0 Å². The molecule has 1 aliphatic rings. The van der Waals surface area contributed by atoms with E-state index in [9.17, 15) is 13.2 Å². The Bertz CT molecular complexity index is 1590. The highest BCUT2D eigenvalue weighted by molar-refractivity contribution is 5.83. The highest BCUT2D eigenvalue weighted by Crippen LogP contribution is 2.33. The molecule has 5 aromatic rings. The first-order chi connectivity index (χ1) is 17.4. The van der Waals surface area contributed by atoms with Gasteiger partial charge in [-0.3, -0.25) is 4.40 Å². The largest absolute Gasteiger partial charge is 0.416 e. The van der Waals surface area contributed by atoms with Crippen LogP contribution in [-0.4, -0.2) is 32.4 Å². The van der Waals surface area contributed by atoms with Crippen LogP contribution in [0.15, 0.2) is 72.9 Å². The van der Waals surface area contributed by atoms with Gasteiger partial charge in [-0.15, -0.1) is 0 Å². The number of aromatic nitrogens is 4. The van der Waals surface area contributed by atoms with Gasteiger partial charge in [0.1, 0.15) is 5.65 Å². The third-order valence-electron chi connectivity index (χ3n) is 6.38. The van der Waals surface area contributed by atoms with Crippen molar-refractivity contribution in [3.63, 3.8) is 0 Å². The summed E-state index contributed by atoms with van der Waals surface area (Å²) in [5.41, 5.74) is 6.21. The van der Waals surface area contributed by atoms with Crippen LogP contribution in [0.25, 0.3) is 33.4 Å². The summed E-state index contributed by atoms with van der Waals surface area (Å²) >= 11 is 0. The van der Waals surface area contributed by atoms with Crippen molar-refractivity contribution in [2.45, 2.75) is 19.1 Å². The Morgan fingerprint density at radius 2 is 1.83 bits per heavy atom. The number of anilines is 1. The summed E-state index contributed by atoms with van der Waals surface area (Å²) in [7, 11) is 0. The van der Waals surface area contributed by atoms with Crippen LogP contribution in [-0.2, 0) is 12.7 Å². The van der Waals surface area contributed by atoms with E-state index in [1.165, 1.54) is 11.6 Å². The number of fused-ring (bicyclic) bond motifs is 2. The van der Waals surface area contributed by atoms with Gasteiger partial charge in [-0.1, -0.05) is 30.3 Å². The second-order valence-electron chi connectivity index (χ2n) is 8.80. The molecular formula is C27H23F3N6. The number of hydrogen-bond donors (Lipinski definition) is 3. The van der Waals surface area contributed by atoms with Gasteiger partial charge in [0.25, 0.3) is 0 Å². The quantitative estimate of drug-likeness (QED) is 0.289. The zero-order chi connectivity index (χ0) is 24.7. The number of benzene rings is 2. The molecule has 182 valence electrons. The van der Waals surface area contributed by atoms with E-state index in [0.29, 0.717) is 23.6 Å². The van der Waals surface area contributed by atoms with Crippen molar-refractivity contribution < 1.29 is 13.2 Å². The fraction of sp³-hybridized carbons (Fsp3) is 0.185. The first-order valence-corrected chi connectivity index (χ1v) is 11.7. The number of rotatable bonds is 5. The maximum Gasteiger partial charge on any atom is 0.416 e. The molecule has 0 unspecified atom stereocenters. The average molecular weight is 489 g/mol. The highest BCUT2D eigenvalue weighted by atomic mass is 19.4. The molecule has 2 aromatic carbocycles. The van der Waals surface area contributed by atoms with Gasteiger partial charge >= 0.3 is 6.18 Å². The number of alkyl halides is 3. The Balaban J connectivity index is 1.23. The van der Waals surface area contributed by atoms with Crippen LogP contribution in [0, 0.1) is 0 Å². The Kier molecular flexibility index (Phi) is 5.49. The number of H-pyrrole nitrogens is 1. The minimum Gasteiger partial charge on any atom is -0.350 e. The van der Waals surface area contributed by atoms with Crippen LogP contribution in [0.4, 0.5) is 19.1 Å². The molecule has 3 N–H and O–H groups in total. The maximum absolute atomic E-state index is 13.1. The number of aromatic amines is 1. The number of pyridine rings is 1. The zero-order valence-corrected chi connectivity index (χ0v) is 19.2. The van der Waals surface area contributed by atoms with E-state index in [1.54, 1.807) is 18.2 Å². The summed E-state index contributed by atoms with van der Waals surface area (Å²) in [6, 6.07) is 16.9. The van der Waals surface area contributed by atoms with E-state index in [0.717, 1.165) is 59.7 Å². The molecule has 0 amide bonds. The normalized spacial score (nSPS) is 14.4. The number of nitrogens with one attached hydrogen (secondary N) is 3. The monoisotopic (exact) mass is 488 g/mol. The van der Waals surface area contributed by atoms with Crippen molar-refractivity contribution in [3.05, 3.63) is 89.9 Å². The second-order valence-corrected chi connectivity index (χ2v) is 8.80. The van der Waals surface area contributed by atoms with Crippen LogP contribution in [0.1, 0.15) is 23.4 Å². The number of hydrogen-bond acceptors (Lipinski definition) is 4. The number of halogens is 3. The zero-order valence-electron chi connectivity index (χ0n) is 19.2. The molecule has 3 aromatic heterocycles. The van der Waals surface area contributed by atoms with Gasteiger partial charge in [0.15, 0.2) is 0 Å². The first kappa shape index (κ1) is 22.4. The van der Waals surface area contributed by atoms with Crippen molar-refractivity contribution >= 4 is 28.2 Å². The molecule has 6 rings (SSSR count). The van der Waals surface area contributed by atoms with E-state index < -0.39 is 11.7 Å². The maximum atomic E-state index is 13.1. The molecule has 0 radical (unpaired) electrons. The van der Waals surface area contributed by atoms with Gasteiger partial charge in [-0.05, 0) is 66.1 Å². The highest BCUT2D eigenvalue weighted by Gasteiger charge is 2.30. The summed E-state index contributed by atoms with van der Waals surface area (Å²) in [5.74, 6) is 0.574. The van der Waals surface area contributed by atoms with Gasteiger partial charge in [-0.25, -0.2) is 9.97 Å². The molecule has 9 heteroatoms. The summed E-state index contributed by atoms with van der Waals surface area (Å²) < 4.78 is 41.5. The SMILES string of the molecule is FC(F)(F)c1cccc(-c2ccc3nc(NCc4cn5c(C6=CCNCC6)cccc5n4)[nH]c3c2)c1. The molecule has 0 saturated carbocycles. The van der Waals surface area contributed by atoms with Crippen molar-refractivity contribution in [1.29, 1.82) is 0 Å². The molecule has 6 nitrogen and oxygen atoms in total. The molecule has 0 saturated heterocycles. The predicted octanol–water partition coefficient (Wildman–Crippen LogP) is 5.89. The summed E-state index contributed by atoms with van der Waals surface area (Å²) in [5, 5.41) is 6.62. The third kappa shape index (κ3) is 4.33. The van der Waals surface area contributed by atoms with E-state index >= 15 is 0 Å². The summed E-state index contributed by atoms with van der Waals surface area (Å²) in [6.07, 6.45) is 0.855. The predicted molar refractivity (Wildman–Crippen MR) is 135 cm³/mol. The molecular weight excluding hydrogens is 465 g/mol. The van der Waals surface area contributed by atoms with Crippen molar-refractivity contribution in [2.24, 2.45) is 0 Å². The third-order valence-corrected chi connectivity index (χ3v) is 6.38. The van der Waals surface area contributed by atoms with Crippen molar-refractivity contribution in [3.8, 4) is 11.1 Å². The molecule has 0 atom stereocenters. The van der Waals surface area contributed by atoms with Gasteiger partial charge < -0.3 is 15.6 Å². The first-order valence-electron chi connectivity index (χ1n) is 11.7. The minimum atomic E-state index is -4.38. The molecule has 36 heavy (non-hydrogen) atoms. The van der Waals surface area contributed by atoms with Crippen LogP contribution in [0.3, 0.4) is 0 Å². The van der Waals surface area contributed by atoms with Crippen molar-refractivity contribution in [1.82, 2.24) is 24.7 Å². The lowest BCUT2D eigenvalue weighted by molar-refractivity contribution is -0.137. The molecule has 1 aliphatic heterocycles. The molecule has 0 aliphatic carbocycles. The smallest absolute Gasteiger partial charge is 0.350 e. The van der Waals surface area contributed by atoms with E-state index in [-0.39, 0.29) is 0 Å². The van der Waals surface area contributed by atoms with Gasteiger partial charge in [-0.2, -0.15) is 13.2 Å². The number of nitrogens with zero attached hydrogens (tertiary/aromatic N) is 3. The molecule has 4 heterocycles. The van der Waals surface area contributed by atoms with Gasteiger partial charge in [0.2, 0.25) is 5.95 Å². The van der Waals surface area contributed by atoms with Gasteiger partial charge in [0.05, 0.1) is 34.5 Å². The Morgan fingerprint density at radius 1 is 0.972 bits per heavy atom. The second kappa shape index (κ2) is 8.83. The fourth-order valence-electron chi connectivity index (χ4n) is 4.59. The lowest BCUT2D eigenvalue weighted by Gasteiger charge is -2.15. The standard InChI is InChI=1S/C27H23F3N6/c28-27(29,30)20-4-1-3-18(13-20)19-7-8-22-23(14-19)35-26(34-22)32-15-21-16-36-24(5-2-6-25(36)33-21)17-9-11-31-12-10-17/h1-9,13-14,16,31H,10-12,15H2,(H2,32,34,35). The Labute approximate surface area is 204 Å². The molecule has 0 spiro atoms.